The molecule has 0 aromatic carbocycles. The summed E-state index contributed by atoms with van der Waals surface area (Å²) in [4.78, 5) is 49.7. The van der Waals surface area contributed by atoms with Gasteiger partial charge in [0.2, 0.25) is 0 Å². The van der Waals surface area contributed by atoms with Crippen molar-refractivity contribution in [2.45, 2.75) is 242 Å². The monoisotopic (exact) mass is 979 g/mol. The van der Waals surface area contributed by atoms with Gasteiger partial charge in [-0.1, -0.05) is 122 Å². The number of ketones is 1. The largest absolute Gasteiger partial charge is 0.472 e. The number of phosphoric ester groups is 1. The van der Waals surface area contributed by atoms with Gasteiger partial charge in [0.1, 0.15) is 36.8 Å². The second-order valence-electron chi connectivity index (χ2n) is 18.6. The normalized spacial score (nSPS) is 31.8. The number of unbranched alkanes of at least 4 members (excludes halogenated alkanes) is 15. The number of carbonyl (C=O) groups excluding carboxylic acids is 3. The number of hydrogen-bond acceptors (Lipinski definition) is 16. The molecule has 67 heavy (non-hydrogen) atoms. The second-order valence-corrected chi connectivity index (χ2v) is 20.0. The van der Waals surface area contributed by atoms with Crippen LogP contribution in [0.2, 0.25) is 0 Å². The summed E-state index contributed by atoms with van der Waals surface area (Å²) in [6, 6.07) is 0. The topological polar surface area (TPSA) is 287 Å². The smallest absolute Gasteiger partial charge is 0.462 e. The number of Topliss-reactive ketones (excluding diaryl/α,β-unsaturated/α-hetero) is 1. The summed E-state index contributed by atoms with van der Waals surface area (Å²) < 4.78 is 34.7. The van der Waals surface area contributed by atoms with Gasteiger partial charge < -0.3 is 55.2 Å². The number of ether oxygens (including phenoxy) is 2. The molecule has 17 nitrogen and oxygen atoms in total. The van der Waals surface area contributed by atoms with E-state index >= 15 is 0 Å². The molecular formula is C49H87O17P. The van der Waals surface area contributed by atoms with Gasteiger partial charge >= 0.3 is 19.8 Å². The Bertz CT molecular complexity index is 1460. The number of esters is 2. The Balaban J connectivity index is 2.16. The van der Waals surface area contributed by atoms with Crippen LogP contribution in [0.1, 0.15) is 181 Å². The zero-order valence-electron chi connectivity index (χ0n) is 40.3. The summed E-state index contributed by atoms with van der Waals surface area (Å²) in [5.74, 6) is -5.02. The van der Waals surface area contributed by atoms with Gasteiger partial charge in [0, 0.05) is 43.9 Å². The Hall–Kier alpha value is -2.12. The fourth-order valence-electron chi connectivity index (χ4n) is 8.52. The predicted molar refractivity (Wildman–Crippen MR) is 251 cm³/mol. The fourth-order valence-corrected chi connectivity index (χ4v) is 9.49. The number of aliphatic hydroxyl groups is 8. The van der Waals surface area contributed by atoms with Crippen LogP contribution >= 0.6 is 7.82 Å². The van der Waals surface area contributed by atoms with Crippen LogP contribution in [0.3, 0.4) is 0 Å². The van der Waals surface area contributed by atoms with Gasteiger partial charge in [-0.25, -0.2) is 4.57 Å². The number of rotatable bonds is 24. The van der Waals surface area contributed by atoms with Crippen molar-refractivity contribution in [1.82, 2.24) is 0 Å². The van der Waals surface area contributed by atoms with E-state index in [9.17, 15) is 64.7 Å². The molecule has 1 unspecified atom stereocenters. The summed E-state index contributed by atoms with van der Waals surface area (Å²) >= 11 is 0. The van der Waals surface area contributed by atoms with Crippen LogP contribution in [0, 0.1) is 11.8 Å². The minimum Gasteiger partial charge on any atom is -0.462 e. The van der Waals surface area contributed by atoms with E-state index in [4.69, 9.17) is 18.5 Å². The molecule has 1 heterocycles. The number of cyclic esters (lactones) is 1. The Morgan fingerprint density at radius 1 is 0.716 bits per heavy atom. The van der Waals surface area contributed by atoms with Crippen molar-refractivity contribution in [2.75, 3.05) is 13.2 Å². The molecule has 1 aliphatic heterocycles. The van der Waals surface area contributed by atoms with E-state index in [0.29, 0.717) is 19.3 Å². The minimum atomic E-state index is -5.50. The average Bonchev–Trinajstić information content (AvgIpc) is 3.29. The molecule has 2 fully saturated rings. The third-order valence-electron chi connectivity index (χ3n) is 12.7. The Kier molecular flexibility index (Phi) is 31.9. The SMILES string of the molecule is CCCCCCCC/C=C\CCCCCCCCCC(=O)O[C@@H]1COC(=O)CCCCC(=O)C[C@@H]2[C@@H](O)[C@H](O)[C@@H](O)[C@H](OP(=O)(O)OC1)[C@H](O)[C@H](O)[C@@H](/C=C/[C@@H](O)CCCCC)[C@H](O)C[C@@H]2O. The van der Waals surface area contributed by atoms with E-state index in [1.54, 1.807) is 0 Å². The van der Waals surface area contributed by atoms with Gasteiger partial charge in [-0.2, -0.15) is 0 Å². The van der Waals surface area contributed by atoms with Crippen LogP contribution in [0.4, 0.5) is 0 Å². The summed E-state index contributed by atoms with van der Waals surface area (Å²) in [6.07, 6.45) is 5.05. The Morgan fingerprint density at radius 3 is 1.93 bits per heavy atom. The molecule has 1 saturated heterocycles. The molecule has 2 rings (SSSR count). The first kappa shape index (κ1) is 61.0. The van der Waals surface area contributed by atoms with Crippen molar-refractivity contribution in [3.05, 3.63) is 24.3 Å². The number of hydrogen-bond donors (Lipinski definition) is 9. The molecule has 2 aliphatic rings. The van der Waals surface area contributed by atoms with Crippen LogP contribution < -0.4 is 0 Å². The highest BCUT2D eigenvalue weighted by Gasteiger charge is 2.49. The third kappa shape index (κ3) is 25.5. The minimum absolute atomic E-state index is 0.000640. The van der Waals surface area contributed by atoms with Crippen molar-refractivity contribution in [3.8, 4) is 0 Å². The van der Waals surface area contributed by atoms with Crippen LogP contribution in [0.5, 0.6) is 0 Å². The number of phosphoric acid groups is 1. The molecule has 1 saturated carbocycles. The van der Waals surface area contributed by atoms with Gasteiger partial charge in [0.05, 0.1) is 37.1 Å². The summed E-state index contributed by atoms with van der Waals surface area (Å²) in [6.45, 7) is 2.72. The third-order valence-corrected chi connectivity index (χ3v) is 13.7. The lowest BCUT2D eigenvalue weighted by Crippen LogP contribution is -2.56. The Labute approximate surface area is 399 Å². The van der Waals surface area contributed by atoms with E-state index < -0.39 is 124 Å². The van der Waals surface area contributed by atoms with E-state index in [1.165, 1.54) is 50.7 Å². The van der Waals surface area contributed by atoms with Gasteiger partial charge in [-0.15, -0.1) is 0 Å². The van der Waals surface area contributed by atoms with Gasteiger partial charge in [-0.3, -0.25) is 23.4 Å². The van der Waals surface area contributed by atoms with Crippen LogP contribution in [0.15, 0.2) is 24.3 Å². The van der Waals surface area contributed by atoms with E-state index in [2.05, 4.69) is 19.1 Å². The average molecular weight is 979 g/mol. The van der Waals surface area contributed by atoms with E-state index in [-0.39, 0.29) is 32.1 Å². The number of aliphatic hydroxyl groups excluding tert-OH is 8. The maximum Gasteiger partial charge on any atom is 0.472 e. The van der Waals surface area contributed by atoms with Gasteiger partial charge in [0.25, 0.3) is 0 Å². The summed E-state index contributed by atoms with van der Waals surface area (Å²) in [7, 11) is -5.50. The van der Waals surface area contributed by atoms with Crippen molar-refractivity contribution in [1.29, 1.82) is 0 Å². The maximum atomic E-state index is 13.6. The quantitative estimate of drug-likeness (QED) is 0.0234. The molecule has 390 valence electrons. The van der Waals surface area contributed by atoms with Gasteiger partial charge in [0.15, 0.2) is 6.10 Å². The molecule has 0 aromatic heterocycles. The molecule has 0 radical (unpaired) electrons. The molecule has 2 bridgehead atoms. The van der Waals surface area contributed by atoms with Crippen molar-refractivity contribution >= 4 is 25.5 Å². The zero-order chi connectivity index (χ0) is 49.6. The fraction of sp³-hybridized carbons (Fsp3) is 0.857. The first-order valence-electron chi connectivity index (χ1n) is 25.3. The van der Waals surface area contributed by atoms with Crippen LogP contribution in [-0.2, 0) is 37.5 Å². The lowest BCUT2D eigenvalue weighted by atomic mass is 9.82. The lowest BCUT2D eigenvalue weighted by molar-refractivity contribution is -0.168. The molecule has 0 aromatic rings. The van der Waals surface area contributed by atoms with Crippen molar-refractivity contribution in [2.24, 2.45) is 11.8 Å². The van der Waals surface area contributed by atoms with E-state index in [0.717, 1.165) is 64.2 Å². The molecule has 0 spiro atoms. The number of carbonyl (C=O) groups is 3. The predicted octanol–water partition coefficient (Wildman–Crippen LogP) is 5.95. The van der Waals surface area contributed by atoms with Crippen LogP contribution in [0.25, 0.3) is 0 Å². The standard InChI is InChI=1S/C49H87O17P/c1-3-5-7-8-9-10-11-12-13-14-15-16-17-18-19-20-22-28-43(55)65-37-33-63-42(54)27-24-23-26-36(51)31-39-41(53)32-40(52)38(30-29-35(50)25-21-6-4-2)44(56)47(59)49(48(60)46(58)45(39)57)66-67(61,62)64-34-37/h12-13,29-30,35,37-41,44-50,52-53,56-60H,3-11,14-28,31-34H2,1-2H3,(H,61,62)/b13-12-,30-29+/t35-,37+,38-,39-,40+,41-,44+,45+,46-,47+,48+,49+/m0/s1. The second kappa shape index (κ2) is 35.1. The number of allylic oxidation sites excluding steroid dienone is 2. The number of fused-ring (bicyclic) bond motifs is 4. The van der Waals surface area contributed by atoms with Gasteiger partial charge in [-0.05, 0) is 51.4 Å². The van der Waals surface area contributed by atoms with E-state index in [1.807, 2.05) is 6.92 Å². The molecule has 18 heteroatoms. The molecule has 13 atom stereocenters. The molecule has 9 N–H and O–H groups in total. The first-order chi connectivity index (χ1) is 32.0. The molecular weight excluding hydrogens is 891 g/mol. The molecule has 0 amide bonds. The van der Waals surface area contributed by atoms with Crippen molar-refractivity contribution in [3.63, 3.8) is 0 Å². The summed E-state index contributed by atoms with van der Waals surface area (Å²) in [5, 5.41) is 90.2. The zero-order valence-corrected chi connectivity index (χ0v) is 41.2. The highest BCUT2D eigenvalue weighted by atomic mass is 31.2. The highest BCUT2D eigenvalue weighted by Crippen LogP contribution is 2.47. The van der Waals surface area contributed by atoms with Crippen molar-refractivity contribution < 1.29 is 83.2 Å². The molecule has 1 aliphatic carbocycles. The maximum absolute atomic E-state index is 13.6. The first-order valence-corrected chi connectivity index (χ1v) is 26.8. The highest BCUT2D eigenvalue weighted by molar-refractivity contribution is 7.47. The Morgan fingerprint density at radius 2 is 1.28 bits per heavy atom. The summed E-state index contributed by atoms with van der Waals surface area (Å²) in [5.41, 5.74) is 0. The van der Waals surface area contributed by atoms with Crippen LogP contribution in [-0.4, -0.2) is 138 Å². The lowest BCUT2D eigenvalue weighted by Gasteiger charge is -2.37.